The van der Waals surface area contributed by atoms with Gasteiger partial charge >= 0.3 is 0 Å². The average molecular weight is 487 g/mol. The Bertz CT molecular complexity index is 1110. The smallest absolute Gasteiger partial charge is 0.295 e. The van der Waals surface area contributed by atoms with Crippen molar-refractivity contribution in [2.45, 2.75) is 26.8 Å². The fourth-order valence-electron chi connectivity index (χ4n) is 4.31. The zero-order valence-corrected chi connectivity index (χ0v) is 21.0. The first-order valence-electron chi connectivity index (χ1n) is 11.3. The highest BCUT2D eigenvalue weighted by atomic mass is 35.5. The number of aryl methyl sites for hydroxylation is 1. The molecule has 0 aliphatic carbocycles. The summed E-state index contributed by atoms with van der Waals surface area (Å²) >= 11 is 6.32. The zero-order valence-electron chi connectivity index (χ0n) is 20.2. The predicted octanol–water partition coefficient (Wildman–Crippen LogP) is 4.43. The van der Waals surface area contributed by atoms with Crippen LogP contribution in [0.5, 0.6) is 11.5 Å². The lowest BCUT2D eigenvalue weighted by molar-refractivity contribution is -0.140. The van der Waals surface area contributed by atoms with E-state index in [1.54, 1.807) is 4.90 Å². The molecular weight excluding hydrogens is 456 g/mol. The third-order valence-corrected chi connectivity index (χ3v) is 6.60. The van der Waals surface area contributed by atoms with Crippen molar-refractivity contribution in [3.63, 3.8) is 0 Å². The molecule has 34 heavy (non-hydrogen) atoms. The van der Waals surface area contributed by atoms with Gasteiger partial charge in [-0.3, -0.25) is 9.59 Å². The molecule has 0 spiro atoms. The van der Waals surface area contributed by atoms with E-state index < -0.39 is 17.7 Å². The number of carbonyl (C=O) groups excluding carboxylic acids is 2. The van der Waals surface area contributed by atoms with E-state index in [0.29, 0.717) is 18.8 Å². The number of Topliss-reactive ketones (excluding diaryl/α,β-unsaturated/α-hetero) is 1. The summed E-state index contributed by atoms with van der Waals surface area (Å²) in [5.41, 5.74) is 1.92. The van der Waals surface area contributed by atoms with Crippen LogP contribution in [0, 0.1) is 6.92 Å². The molecule has 1 aliphatic heterocycles. The van der Waals surface area contributed by atoms with Crippen molar-refractivity contribution in [3.8, 4) is 11.5 Å². The Morgan fingerprint density at radius 2 is 1.74 bits per heavy atom. The molecule has 7 nitrogen and oxygen atoms in total. The Labute approximate surface area is 205 Å². The van der Waals surface area contributed by atoms with E-state index in [4.69, 9.17) is 21.1 Å². The number of rotatable bonds is 9. The Kier molecular flexibility index (Phi) is 8.23. The SMILES string of the molecule is CCN(CC)CCN1C(=O)C(=O)/C(=C(/O)c2cc(Cl)c(OC)cc2OC)C1c1ccccc1C. The summed E-state index contributed by atoms with van der Waals surface area (Å²) in [6.07, 6.45) is 0. The summed E-state index contributed by atoms with van der Waals surface area (Å²) in [7, 11) is 2.92. The summed E-state index contributed by atoms with van der Waals surface area (Å²) in [5.74, 6) is -1.07. The first kappa shape index (κ1) is 25.6. The first-order chi connectivity index (χ1) is 16.3. The quantitative estimate of drug-likeness (QED) is 0.321. The molecule has 1 unspecified atom stereocenters. The van der Waals surface area contributed by atoms with E-state index in [1.165, 1.54) is 26.4 Å². The van der Waals surface area contributed by atoms with Crippen LogP contribution in [0.1, 0.15) is 36.6 Å². The predicted molar refractivity (Wildman–Crippen MR) is 133 cm³/mol. The van der Waals surface area contributed by atoms with Crippen LogP contribution >= 0.6 is 11.6 Å². The molecule has 8 heteroatoms. The lowest BCUT2D eigenvalue weighted by Crippen LogP contribution is -2.38. The zero-order chi connectivity index (χ0) is 25.0. The van der Waals surface area contributed by atoms with E-state index in [2.05, 4.69) is 18.7 Å². The summed E-state index contributed by atoms with van der Waals surface area (Å²) in [5, 5.41) is 11.7. The molecule has 3 rings (SSSR count). The van der Waals surface area contributed by atoms with Crippen molar-refractivity contribution < 1.29 is 24.2 Å². The average Bonchev–Trinajstić information content (AvgIpc) is 3.09. The Hall–Kier alpha value is -3.03. The molecule has 1 saturated heterocycles. The van der Waals surface area contributed by atoms with Gasteiger partial charge < -0.3 is 24.4 Å². The monoisotopic (exact) mass is 486 g/mol. The van der Waals surface area contributed by atoms with Crippen LogP contribution in [-0.4, -0.2) is 67.0 Å². The van der Waals surface area contributed by atoms with Crippen LogP contribution in [0.15, 0.2) is 42.0 Å². The van der Waals surface area contributed by atoms with E-state index >= 15 is 0 Å². The van der Waals surface area contributed by atoms with Crippen LogP contribution < -0.4 is 9.47 Å². The standard InChI is InChI=1S/C26H31ClN2O5/c1-6-28(7-2)12-13-29-23(17-11-9-8-10-16(17)3)22(25(31)26(29)32)24(30)18-14-19(27)21(34-5)15-20(18)33-4/h8-11,14-15,23,30H,6-7,12-13H2,1-5H3/b24-22+. The second-order valence-electron chi connectivity index (χ2n) is 8.06. The molecule has 0 saturated carbocycles. The van der Waals surface area contributed by atoms with E-state index in [1.807, 2.05) is 31.2 Å². The largest absolute Gasteiger partial charge is 0.507 e. The van der Waals surface area contributed by atoms with Crippen molar-refractivity contribution in [2.24, 2.45) is 0 Å². The number of halogens is 1. The molecule has 182 valence electrons. The van der Waals surface area contributed by atoms with Gasteiger partial charge in [0, 0.05) is 19.2 Å². The van der Waals surface area contributed by atoms with Gasteiger partial charge in [-0.25, -0.2) is 0 Å². The normalized spacial score (nSPS) is 17.5. The van der Waals surface area contributed by atoms with Gasteiger partial charge in [-0.2, -0.15) is 0 Å². The lowest BCUT2D eigenvalue weighted by atomic mass is 9.92. The van der Waals surface area contributed by atoms with Crippen LogP contribution in [0.3, 0.4) is 0 Å². The second-order valence-corrected chi connectivity index (χ2v) is 8.47. The molecular formula is C26H31ClN2O5. The van der Waals surface area contributed by atoms with Gasteiger partial charge in [0.1, 0.15) is 17.3 Å². The number of aliphatic hydroxyl groups is 1. The lowest BCUT2D eigenvalue weighted by Gasteiger charge is -2.29. The molecule has 1 amide bonds. The highest BCUT2D eigenvalue weighted by Gasteiger charge is 2.46. The number of hydrogen-bond acceptors (Lipinski definition) is 6. The van der Waals surface area contributed by atoms with Gasteiger partial charge in [-0.05, 0) is 37.2 Å². The topological polar surface area (TPSA) is 79.3 Å². The minimum Gasteiger partial charge on any atom is -0.507 e. The Morgan fingerprint density at radius 3 is 2.32 bits per heavy atom. The van der Waals surface area contributed by atoms with Gasteiger partial charge in [-0.1, -0.05) is 49.7 Å². The number of carbonyl (C=O) groups is 2. The van der Waals surface area contributed by atoms with Crippen LogP contribution in [0.4, 0.5) is 0 Å². The van der Waals surface area contributed by atoms with Crippen molar-refractivity contribution in [3.05, 3.63) is 63.7 Å². The van der Waals surface area contributed by atoms with Crippen LogP contribution in [0.25, 0.3) is 5.76 Å². The maximum absolute atomic E-state index is 13.3. The maximum Gasteiger partial charge on any atom is 0.295 e. The molecule has 2 aromatic carbocycles. The van der Waals surface area contributed by atoms with Crippen molar-refractivity contribution >= 4 is 29.1 Å². The maximum atomic E-state index is 13.3. The minimum absolute atomic E-state index is 0.0124. The number of ketones is 1. The van der Waals surface area contributed by atoms with Gasteiger partial charge in [0.2, 0.25) is 0 Å². The number of amides is 1. The molecule has 2 aromatic rings. The molecule has 1 heterocycles. The highest BCUT2D eigenvalue weighted by molar-refractivity contribution is 6.46. The summed E-state index contributed by atoms with van der Waals surface area (Å²) in [6, 6.07) is 9.84. The Morgan fingerprint density at radius 1 is 1.09 bits per heavy atom. The molecule has 0 aromatic heterocycles. The molecule has 1 atom stereocenters. The van der Waals surface area contributed by atoms with Gasteiger partial charge in [0.05, 0.1) is 36.4 Å². The number of ether oxygens (including phenoxy) is 2. The highest BCUT2D eigenvalue weighted by Crippen LogP contribution is 2.43. The van der Waals surface area contributed by atoms with Gasteiger partial charge in [-0.15, -0.1) is 0 Å². The fourth-order valence-corrected chi connectivity index (χ4v) is 4.55. The van der Waals surface area contributed by atoms with Gasteiger partial charge in [0.25, 0.3) is 11.7 Å². The number of aliphatic hydroxyl groups excluding tert-OH is 1. The third kappa shape index (κ3) is 4.76. The molecule has 1 fully saturated rings. The number of hydrogen-bond donors (Lipinski definition) is 1. The number of likely N-dealkylation sites (tertiary alicyclic amines) is 1. The van der Waals surface area contributed by atoms with Crippen molar-refractivity contribution in [1.29, 1.82) is 0 Å². The second kappa shape index (κ2) is 10.9. The summed E-state index contributed by atoms with van der Waals surface area (Å²) < 4.78 is 10.7. The summed E-state index contributed by atoms with van der Waals surface area (Å²) in [4.78, 5) is 30.2. The van der Waals surface area contributed by atoms with Gasteiger partial charge in [0.15, 0.2) is 0 Å². The van der Waals surface area contributed by atoms with Crippen LogP contribution in [-0.2, 0) is 9.59 Å². The van der Waals surface area contributed by atoms with E-state index in [-0.39, 0.29) is 27.7 Å². The van der Waals surface area contributed by atoms with Crippen molar-refractivity contribution in [2.75, 3.05) is 40.4 Å². The fraction of sp³-hybridized carbons (Fsp3) is 0.385. The first-order valence-corrected chi connectivity index (χ1v) is 11.6. The van der Waals surface area contributed by atoms with E-state index in [9.17, 15) is 14.7 Å². The molecule has 0 bridgehead atoms. The third-order valence-electron chi connectivity index (χ3n) is 6.30. The summed E-state index contributed by atoms with van der Waals surface area (Å²) in [6.45, 7) is 8.65. The number of benzene rings is 2. The minimum atomic E-state index is -0.737. The molecule has 0 radical (unpaired) electrons. The number of likely N-dealkylation sites (N-methyl/N-ethyl adjacent to an activating group) is 1. The molecule has 1 N–H and O–H groups in total. The van der Waals surface area contributed by atoms with Crippen molar-refractivity contribution in [1.82, 2.24) is 9.80 Å². The molecule has 1 aliphatic rings. The number of methoxy groups -OCH3 is 2. The van der Waals surface area contributed by atoms with Crippen LogP contribution in [0.2, 0.25) is 5.02 Å². The number of nitrogens with zero attached hydrogens (tertiary/aromatic N) is 2. The Balaban J connectivity index is 2.21. The van der Waals surface area contributed by atoms with E-state index in [0.717, 1.165) is 24.2 Å².